The molecular formula is C24H23N3O2S3. The highest BCUT2D eigenvalue weighted by Crippen LogP contribution is 2.33. The second-order valence-corrected chi connectivity index (χ2v) is 10.2. The number of hydrogen-bond donors (Lipinski definition) is 1. The molecule has 164 valence electrons. The van der Waals surface area contributed by atoms with E-state index in [0.717, 1.165) is 48.2 Å². The van der Waals surface area contributed by atoms with Crippen molar-refractivity contribution in [2.24, 2.45) is 0 Å². The topological polar surface area (TPSA) is 64.1 Å². The number of ether oxygens (including phenoxy) is 1. The average molecular weight is 482 g/mol. The third-order valence-corrected chi connectivity index (χ3v) is 7.56. The highest BCUT2D eigenvalue weighted by molar-refractivity contribution is 8.01. The zero-order valence-corrected chi connectivity index (χ0v) is 20.5. The summed E-state index contributed by atoms with van der Waals surface area (Å²) < 4.78 is 6.72. The van der Waals surface area contributed by atoms with Gasteiger partial charge in [-0.2, -0.15) is 0 Å². The van der Waals surface area contributed by atoms with Gasteiger partial charge in [0.05, 0.1) is 24.3 Å². The zero-order valence-electron chi connectivity index (χ0n) is 18.0. The van der Waals surface area contributed by atoms with Gasteiger partial charge in [0.25, 0.3) is 0 Å². The minimum Gasteiger partial charge on any atom is -0.493 e. The maximum absolute atomic E-state index is 12.6. The van der Waals surface area contributed by atoms with E-state index in [-0.39, 0.29) is 12.3 Å². The standard InChI is InChI=1S/C24H23N3O2S3/c1-4-29-21-8-6-5-7-19(21)23-26-17(14-30-23)12-22(28)27-20-10-9-18(11-15(20)2)32-24-25-16(3)13-31-24/h5-11,13-14H,4,12H2,1-3H3,(H,27,28). The molecule has 2 aromatic carbocycles. The van der Waals surface area contributed by atoms with E-state index in [9.17, 15) is 4.79 Å². The number of aryl methyl sites for hydroxylation is 2. The van der Waals surface area contributed by atoms with Crippen molar-refractivity contribution in [3.63, 3.8) is 0 Å². The summed E-state index contributed by atoms with van der Waals surface area (Å²) in [6, 6.07) is 13.9. The minimum absolute atomic E-state index is 0.0843. The average Bonchev–Trinajstić information content (AvgIpc) is 3.39. The predicted octanol–water partition coefficient (Wildman–Crippen LogP) is 6.61. The van der Waals surface area contributed by atoms with Crippen molar-refractivity contribution in [3.05, 3.63) is 70.2 Å². The second kappa shape index (κ2) is 10.3. The van der Waals surface area contributed by atoms with Gasteiger partial charge in [-0.3, -0.25) is 4.79 Å². The number of carbonyl (C=O) groups excluding carboxylic acids is 1. The van der Waals surface area contributed by atoms with Gasteiger partial charge in [0.1, 0.15) is 10.8 Å². The Morgan fingerprint density at radius 3 is 2.69 bits per heavy atom. The van der Waals surface area contributed by atoms with Gasteiger partial charge in [-0.15, -0.1) is 22.7 Å². The van der Waals surface area contributed by atoms with Crippen LogP contribution in [0.15, 0.2) is 62.5 Å². The zero-order chi connectivity index (χ0) is 22.5. The van der Waals surface area contributed by atoms with E-state index in [1.54, 1.807) is 23.1 Å². The molecule has 0 saturated carbocycles. The first-order valence-electron chi connectivity index (χ1n) is 10.2. The summed E-state index contributed by atoms with van der Waals surface area (Å²) in [7, 11) is 0. The number of carbonyl (C=O) groups is 1. The van der Waals surface area contributed by atoms with Gasteiger partial charge in [0.2, 0.25) is 5.91 Å². The number of rotatable bonds is 8. The molecule has 8 heteroatoms. The Bertz CT molecular complexity index is 1230. The van der Waals surface area contributed by atoms with Gasteiger partial charge < -0.3 is 10.1 Å². The molecule has 4 rings (SSSR count). The van der Waals surface area contributed by atoms with E-state index < -0.39 is 0 Å². The quantitative estimate of drug-likeness (QED) is 0.307. The molecule has 0 unspecified atom stereocenters. The van der Waals surface area contributed by atoms with Crippen molar-refractivity contribution in [2.45, 2.75) is 36.4 Å². The third-order valence-electron chi connectivity index (χ3n) is 4.59. The molecule has 0 radical (unpaired) electrons. The Hall–Kier alpha value is -2.68. The summed E-state index contributed by atoms with van der Waals surface area (Å²) in [4.78, 5) is 22.9. The lowest BCUT2D eigenvalue weighted by Crippen LogP contribution is -2.15. The number of nitrogens with zero attached hydrogens (tertiary/aromatic N) is 2. The maximum Gasteiger partial charge on any atom is 0.230 e. The summed E-state index contributed by atoms with van der Waals surface area (Å²) in [5.41, 5.74) is 4.56. The smallest absolute Gasteiger partial charge is 0.230 e. The summed E-state index contributed by atoms with van der Waals surface area (Å²) >= 11 is 4.79. The fourth-order valence-corrected chi connectivity index (χ4v) is 5.87. The molecule has 2 aromatic heterocycles. The van der Waals surface area contributed by atoms with E-state index in [0.29, 0.717) is 6.61 Å². The Morgan fingerprint density at radius 2 is 1.94 bits per heavy atom. The monoisotopic (exact) mass is 481 g/mol. The molecule has 5 nitrogen and oxygen atoms in total. The van der Waals surface area contributed by atoms with Crippen LogP contribution < -0.4 is 10.1 Å². The summed E-state index contributed by atoms with van der Waals surface area (Å²) in [5.74, 6) is 0.723. The Balaban J connectivity index is 1.40. The van der Waals surface area contributed by atoms with Crippen LogP contribution in [-0.2, 0) is 11.2 Å². The third kappa shape index (κ3) is 5.56. The van der Waals surface area contributed by atoms with Crippen LogP contribution in [0.4, 0.5) is 5.69 Å². The largest absolute Gasteiger partial charge is 0.493 e. The molecular weight excluding hydrogens is 458 g/mol. The Kier molecular flexibility index (Phi) is 7.24. The number of hydrogen-bond acceptors (Lipinski definition) is 7. The van der Waals surface area contributed by atoms with Crippen LogP contribution in [0.25, 0.3) is 10.6 Å². The van der Waals surface area contributed by atoms with Gasteiger partial charge in [-0.05, 0) is 56.7 Å². The van der Waals surface area contributed by atoms with Crippen LogP contribution in [0.5, 0.6) is 5.75 Å². The molecule has 1 amide bonds. The van der Waals surface area contributed by atoms with Crippen molar-refractivity contribution in [1.29, 1.82) is 0 Å². The predicted molar refractivity (Wildman–Crippen MR) is 133 cm³/mol. The fourth-order valence-electron chi connectivity index (χ4n) is 3.12. The van der Waals surface area contributed by atoms with Gasteiger partial charge in [-0.1, -0.05) is 23.9 Å². The van der Waals surface area contributed by atoms with Crippen LogP contribution in [0.3, 0.4) is 0 Å². The van der Waals surface area contributed by atoms with E-state index in [2.05, 4.69) is 21.4 Å². The Labute approximate surface area is 199 Å². The number of para-hydroxylation sites is 1. The Morgan fingerprint density at radius 1 is 1.09 bits per heavy atom. The maximum atomic E-state index is 12.6. The molecule has 0 aliphatic carbocycles. The number of anilines is 1. The van der Waals surface area contributed by atoms with Crippen LogP contribution in [0.1, 0.15) is 23.9 Å². The van der Waals surface area contributed by atoms with Crippen LogP contribution in [0.2, 0.25) is 0 Å². The van der Waals surface area contributed by atoms with Gasteiger partial charge >= 0.3 is 0 Å². The second-order valence-electron chi connectivity index (χ2n) is 7.13. The molecule has 0 fully saturated rings. The highest BCUT2D eigenvalue weighted by atomic mass is 32.2. The SMILES string of the molecule is CCOc1ccccc1-c1nc(CC(=O)Nc2ccc(Sc3nc(C)cs3)cc2C)cs1. The number of thiazole rings is 2. The van der Waals surface area contributed by atoms with E-state index >= 15 is 0 Å². The molecule has 0 atom stereocenters. The lowest BCUT2D eigenvalue weighted by Gasteiger charge is -2.09. The first-order valence-corrected chi connectivity index (χ1v) is 12.8. The van der Waals surface area contributed by atoms with Crippen molar-refractivity contribution in [1.82, 2.24) is 9.97 Å². The lowest BCUT2D eigenvalue weighted by molar-refractivity contribution is -0.115. The van der Waals surface area contributed by atoms with Crippen molar-refractivity contribution < 1.29 is 9.53 Å². The number of nitrogens with one attached hydrogen (secondary N) is 1. The van der Waals surface area contributed by atoms with Crippen LogP contribution >= 0.6 is 34.4 Å². The lowest BCUT2D eigenvalue weighted by atomic mass is 10.2. The first kappa shape index (κ1) is 22.5. The first-order chi connectivity index (χ1) is 15.5. The van der Waals surface area contributed by atoms with Crippen molar-refractivity contribution in [2.75, 3.05) is 11.9 Å². The van der Waals surface area contributed by atoms with Crippen molar-refractivity contribution in [3.8, 4) is 16.3 Å². The molecule has 2 heterocycles. The molecule has 32 heavy (non-hydrogen) atoms. The summed E-state index contributed by atoms with van der Waals surface area (Å²) in [5, 5.41) is 7.84. The number of aromatic nitrogens is 2. The van der Waals surface area contributed by atoms with Gasteiger partial charge in [-0.25, -0.2) is 9.97 Å². The number of amides is 1. The van der Waals surface area contributed by atoms with E-state index in [1.165, 1.54) is 11.3 Å². The number of benzene rings is 2. The molecule has 0 saturated heterocycles. The molecule has 0 aliphatic heterocycles. The molecule has 0 aliphatic rings. The summed E-state index contributed by atoms with van der Waals surface area (Å²) in [6.07, 6.45) is 0.224. The fraction of sp³-hybridized carbons (Fsp3) is 0.208. The van der Waals surface area contributed by atoms with Crippen LogP contribution in [0, 0.1) is 13.8 Å². The molecule has 4 aromatic rings. The normalized spacial score (nSPS) is 10.8. The molecule has 0 spiro atoms. The minimum atomic E-state index is -0.0843. The van der Waals surface area contributed by atoms with Gasteiger partial charge in [0, 0.05) is 27.0 Å². The summed E-state index contributed by atoms with van der Waals surface area (Å²) in [6.45, 7) is 6.55. The molecule has 1 N–H and O–H groups in total. The van der Waals surface area contributed by atoms with Crippen molar-refractivity contribution >= 4 is 46.0 Å². The molecule has 0 bridgehead atoms. The van der Waals surface area contributed by atoms with E-state index in [1.807, 2.05) is 67.9 Å². The highest BCUT2D eigenvalue weighted by Gasteiger charge is 2.13. The van der Waals surface area contributed by atoms with Gasteiger partial charge in [0.15, 0.2) is 4.34 Å². The van der Waals surface area contributed by atoms with Crippen LogP contribution in [-0.4, -0.2) is 22.5 Å². The van der Waals surface area contributed by atoms with E-state index in [4.69, 9.17) is 4.74 Å².